The van der Waals surface area contributed by atoms with Gasteiger partial charge in [-0.2, -0.15) is 4.79 Å². The molecule has 0 aromatic carbocycles. The SMILES string of the molecule is [N-]=[N+]=C(C(=O)[O-])C(=O)[O-]. The van der Waals surface area contributed by atoms with Crippen LogP contribution in [0.25, 0.3) is 5.53 Å². The third-order valence-corrected chi connectivity index (χ3v) is 0.487. The fourth-order valence-electron chi connectivity index (χ4n) is 0.165. The van der Waals surface area contributed by atoms with Gasteiger partial charge in [0.25, 0.3) is 0 Å². The van der Waals surface area contributed by atoms with Crippen LogP contribution in [0.2, 0.25) is 0 Å². The van der Waals surface area contributed by atoms with Gasteiger partial charge in [0, 0.05) is 0 Å². The van der Waals surface area contributed by atoms with Crippen LogP contribution in [0.3, 0.4) is 0 Å². The molecule has 0 unspecified atom stereocenters. The van der Waals surface area contributed by atoms with Gasteiger partial charge in [0.2, 0.25) is 0 Å². The van der Waals surface area contributed by atoms with Gasteiger partial charge in [-0.3, -0.25) is 0 Å². The third-order valence-electron chi connectivity index (χ3n) is 0.487. The molecular weight excluding hydrogens is 128 g/mol. The molecule has 0 amide bonds. The predicted molar refractivity (Wildman–Crippen MR) is 18.6 cm³/mol. The van der Waals surface area contributed by atoms with E-state index in [4.69, 9.17) is 5.53 Å². The van der Waals surface area contributed by atoms with Gasteiger partial charge in [-0.25, -0.2) is 0 Å². The number of nitrogens with zero attached hydrogens (tertiary/aromatic N) is 2. The lowest BCUT2D eigenvalue weighted by molar-refractivity contribution is -0.308. The van der Waals surface area contributed by atoms with Crippen molar-refractivity contribution in [2.24, 2.45) is 0 Å². The Labute approximate surface area is 49.0 Å². The molecule has 0 bridgehead atoms. The lowest BCUT2D eigenvalue weighted by atomic mass is 10.4. The molecule has 0 N–H and O–H groups in total. The van der Waals surface area contributed by atoms with Gasteiger partial charge < -0.3 is 25.3 Å². The summed E-state index contributed by atoms with van der Waals surface area (Å²) in [5.41, 5.74) is 6.09. The van der Waals surface area contributed by atoms with Crippen molar-refractivity contribution in [3.05, 3.63) is 5.53 Å². The smallest absolute Gasteiger partial charge is 0.360 e. The van der Waals surface area contributed by atoms with Crippen LogP contribution in [-0.4, -0.2) is 22.4 Å². The highest BCUT2D eigenvalue weighted by molar-refractivity contribution is 6.58. The van der Waals surface area contributed by atoms with Crippen LogP contribution in [0.5, 0.6) is 0 Å². The molecule has 0 rings (SSSR count). The first-order valence-electron chi connectivity index (χ1n) is 1.74. The van der Waals surface area contributed by atoms with Crippen molar-refractivity contribution in [1.29, 1.82) is 0 Å². The Balaban J connectivity index is 4.59. The van der Waals surface area contributed by atoms with E-state index in [-0.39, 0.29) is 0 Å². The largest absolute Gasteiger partial charge is 0.539 e. The van der Waals surface area contributed by atoms with Crippen LogP contribution in [0.4, 0.5) is 0 Å². The Morgan fingerprint density at radius 1 is 1.22 bits per heavy atom. The summed E-state index contributed by atoms with van der Waals surface area (Å²) in [6.07, 6.45) is 0. The molecule has 0 radical (unpaired) electrons. The summed E-state index contributed by atoms with van der Waals surface area (Å²) in [6.45, 7) is 0. The first-order chi connectivity index (χ1) is 4.09. The van der Waals surface area contributed by atoms with E-state index in [0.717, 1.165) is 0 Å². The second-order valence-corrected chi connectivity index (χ2v) is 1.02. The fourth-order valence-corrected chi connectivity index (χ4v) is 0.165. The van der Waals surface area contributed by atoms with Crippen molar-refractivity contribution in [3.8, 4) is 0 Å². The van der Waals surface area contributed by atoms with Crippen LogP contribution < -0.4 is 10.2 Å². The van der Waals surface area contributed by atoms with Gasteiger partial charge in [-0.15, -0.1) is 0 Å². The highest BCUT2D eigenvalue weighted by atomic mass is 16.4. The predicted octanol–water partition coefficient (Wildman–Crippen LogP) is -3.84. The molecule has 9 heavy (non-hydrogen) atoms. The van der Waals surface area contributed by atoms with Crippen molar-refractivity contribution in [2.45, 2.75) is 0 Å². The number of rotatable bonds is 2. The molecule has 0 aliphatic rings. The first-order valence-corrected chi connectivity index (χ1v) is 1.74. The van der Waals surface area contributed by atoms with E-state index < -0.39 is 17.7 Å². The Bertz CT molecular complexity index is 186. The van der Waals surface area contributed by atoms with Gasteiger partial charge >= 0.3 is 5.71 Å². The van der Waals surface area contributed by atoms with Gasteiger partial charge in [0.15, 0.2) is 11.9 Å². The molecule has 6 nitrogen and oxygen atoms in total. The summed E-state index contributed by atoms with van der Waals surface area (Å²) < 4.78 is 0. The first kappa shape index (κ1) is 7.32. The van der Waals surface area contributed by atoms with Crippen LogP contribution in [0.1, 0.15) is 0 Å². The molecule has 6 heteroatoms. The van der Waals surface area contributed by atoms with Gasteiger partial charge in [0.05, 0.1) is 0 Å². The molecule has 0 aliphatic heterocycles. The summed E-state index contributed by atoms with van der Waals surface area (Å²) in [5, 5.41) is 19.1. The zero-order chi connectivity index (χ0) is 7.44. The Morgan fingerprint density at radius 2 is 1.56 bits per heavy atom. The van der Waals surface area contributed by atoms with Crippen LogP contribution in [0.15, 0.2) is 0 Å². The molecule has 0 saturated carbocycles. The molecular formula is C3N2O4-2. The number of hydrogen-bond acceptors (Lipinski definition) is 4. The summed E-state index contributed by atoms with van der Waals surface area (Å²) >= 11 is 0. The summed E-state index contributed by atoms with van der Waals surface area (Å²) in [6, 6.07) is 0. The second kappa shape index (κ2) is 2.58. The molecule has 0 heterocycles. The Morgan fingerprint density at radius 3 is 1.56 bits per heavy atom. The summed E-state index contributed by atoms with van der Waals surface area (Å²) in [4.78, 5) is 21.0. The maximum atomic E-state index is 9.55. The van der Waals surface area contributed by atoms with Crippen LogP contribution in [-0.2, 0) is 9.59 Å². The van der Waals surface area contributed by atoms with Crippen molar-refractivity contribution in [2.75, 3.05) is 0 Å². The molecule has 0 fully saturated rings. The van der Waals surface area contributed by atoms with E-state index in [1.54, 1.807) is 0 Å². The average Bonchev–Trinajstić information content (AvgIpc) is 1.64. The molecule has 48 valence electrons. The lowest BCUT2D eigenvalue weighted by Gasteiger charge is -1.94. The molecule has 0 spiro atoms. The zero-order valence-corrected chi connectivity index (χ0v) is 4.03. The Kier molecular flexibility index (Phi) is 2.10. The monoisotopic (exact) mass is 128 g/mol. The van der Waals surface area contributed by atoms with E-state index >= 15 is 0 Å². The normalized spacial score (nSPS) is 7.56. The third kappa shape index (κ3) is 1.70. The van der Waals surface area contributed by atoms with Gasteiger partial charge in [-0.05, 0) is 0 Å². The molecule has 0 aromatic heterocycles. The maximum Gasteiger partial charge on any atom is 0.360 e. The average molecular weight is 128 g/mol. The van der Waals surface area contributed by atoms with Crippen molar-refractivity contribution < 1.29 is 24.6 Å². The second-order valence-electron chi connectivity index (χ2n) is 1.02. The minimum atomic E-state index is -2.09. The van der Waals surface area contributed by atoms with Crippen molar-refractivity contribution in [1.82, 2.24) is 0 Å². The zero-order valence-electron chi connectivity index (χ0n) is 4.03. The highest BCUT2D eigenvalue weighted by Gasteiger charge is 2.09. The van der Waals surface area contributed by atoms with Gasteiger partial charge in [0.1, 0.15) is 0 Å². The molecule has 0 aromatic rings. The Hall–Kier alpha value is -1.68. The lowest BCUT2D eigenvalue weighted by Crippen LogP contribution is -2.44. The molecule has 0 saturated heterocycles. The number of carboxylic acid groups (broad SMARTS) is 2. The van der Waals surface area contributed by atoms with E-state index in [2.05, 4.69) is 0 Å². The van der Waals surface area contributed by atoms with E-state index in [0.29, 0.717) is 0 Å². The minimum Gasteiger partial charge on any atom is -0.539 e. The fraction of sp³-hybridized carbons (Fsp3) is 0. The van der Waals surface area contributed by atoms with E-state index in [9.17, 15) is 19.8 Å². The van der Waals surface area contributed by atoms with Crippen molar-refractivity contribution in [3.63, 3.8) is 0 Å². The number of hydrogen-bond donors (Lipinski definition) is 0. The summed E-state index contributed by atoms with van der Waals surface area (Å²) in [5.74, 6) is -4.17. The highest BCUT2D eigenvalue weighted by Crippen LogP contribution is 1.62. The number of aliphatic carboxylic acids is 2. The minimum absolute atomic E-state index is 1.52. The number of carbonyl (C=O) groups excluding carboxylic acids is 2. The van der Waals surface area contributed by atoms with Crippen molar-refractivity contribution >= 4 is 17.7 Å². The van der Waals surface area contributed by atoms with E-state index in [1.165, 1.54) is 0 Å². The molecule has 0 aliphatic carbocycles. The standard InChI is InChI=1S/C3H2N2O4/c4-5-1(2(6)7)3(8)9/h(H,6,7)(H,8,9)/p-2. The maximum absolute atomic E-state index is 9.55. The molecule has 0 atom stereocenters. The van der Waals surface area contributed by atoms with E-state index in [1.807, 2.05) is 4.79 Å². The van der Waals surface area contributed by atoms with Gasteiger partial charge in [-0.1, -0.05) is 0 Å². The summed E-state index contributed by atoms with van der Waals surface area (Å²) in [7, 11) is 0. The topological polar surface area (TPSA) is 117 Å². The number of carboxylic acids is 2. The quantitative estimate of drug-likeness (QED) is 0.164. The number of carbonyl (C=O) groups is 2. The van der Waals surface area contributed by atoms with Crippen LogP contribution >= 0.6 is 0 Å². The van der Waals surface area contributed by atoms with Crippen LogP contribution in [0, 0.1) is 0 Å².